The molecule has 0 spiro atoms. The van der Waals surface area contributed by atoms with E-state index in [2.05, 4.69) is 5.32 Å². The summed E-state index contributed by atoms with van der Waals surface area (Å²) in [6.07, 6.45) is -4.88. The molecule has 126 valence electrons. The third-order valence-electron chi connectivity index (χ3n) is 3.18. The summed E-state index contributed by atoms with van der Waals surface area (Å²) in [5.74, 6) is -3.79. The molecule has 0 aliphatic carbocycles. The predicted molar refractivity (Wildman–Crippen MR) is 66.8 cm³/mol. The van der Waals surface area contributed by atoms with Gasteiger partial charge in [0.25, 0.3) is 0 Å². The van der Waals surface area contributed by atoms with Gasteiger partial charge in [-0.05, 0) is 0 Å². The van der Waals surface area contributed by atoms with E-state index in [4.69, 9.17) is 9.84 Å². The van der Waals surface area contributed by atoms with E-state index in [9.17, 15) is 27.6 Å². The number of rotatable bonds is 7. The first-order valence-electron chi connectivity index (χ1n) is 6.50. The lowest BCUT2D eigenvalue weighted by Crippen LogP contribution is -2.45. The van der Waals surface area contributed by atoms with Crippen LogP contribution < -0.4 is 5.32 Å². The van der Waals surface area contributed by atoms with Crippen LogP contribution in [0.5, 0.6) is 0 Å². The van der Waals surface area contributed by atoms with Crippen molar-refractivity contribution in [3.63, 3.8) is 0 Å². The van der Waals surface area contributed by atoms with Crippen molar-refractivity contribution in [1.82, 2.24) is 10.2 Å². The minimum Gasteiger partial charge on any atom is -0.480 e. The van der Waals surface area contributed by atoms with Gasteiger partial charge in [0.05, 0.1) is 5.92 Å². The number of likely N-dealkylation sites (tertiary alicyclic amines) is 1. The van der Waals surface area contributed by atoms with Gasteiger partial charge in [0.2, 0.25) is 11.8 Å². The molecule has 7 nitrogen and oxygen atoms in total. The molecule has 2 N–H and O–H groups in total. The van der Waals surface area contributed by atoms with Gasteiger partial charge in [0.1, 0.15) is 12.6 Å². The van der Waals surface area contributed by atoms with E-state index in [0.29, 0.717) is 4.90 Å². The van der Waals surface area contributed by atoms with Crippen molar-refractivity contribution in [3.8, 4) is 0 Å². The molecule has 2 atom stereocenters. The minimum absolute atomic E-state index is 0.0184. The third-order valence-corrected chi connectivity index (χ3v) is 3.18. The van der Waals surface area contributed by atoms with Crippen LogP contribution in [-0.2, 0) is 19.1 Å². The van der Waals surface area contributed by atoms with Gasteiger partial charge in [-0.15, -0.1) is 0 Å². The van der Waals surface area contributed by atoms with Crippen molar-refractivity contribution >= 4 is 17.8 Å². The second kappa shape index (κ2) is 7.43. The summed E-state index contributed by atoms with van der Waals surface area (Å²) in [7, 11) is 1.37. The van der Waals surface area contributed by atoms with E-state index in [1.807, 2.05) is 0 Å². The summed E-state index contributed by atoms with van der Waals surface area (Å²) in [4.78, 5) is 34.9. The summed E-state index contributed by atoms with van der Waals surface area (Å²) in [5.41, 5.74) is 0. The molecule has 1 saturated heterocycles. The van der Waals surface area contributed by atoms with Crippen LogP contribution in [0.15, 0.2) is 0 Å². The molecule has 22 heavy (non-hydrogen) atoms. The highest BCUT2D eigenvalue weighted by Gasteiger charge is 2.41. The van der Waals surface area contributed by atoms with E-state index >= 15 is 0 Å². The molecule has 0 bridgehead atoms. The van der Waals surface area contributed by atoms with Gasteiger partial charge in [0, 0.05) is 33.1 Å². The largest absolute Gasteiger partial charge is 0.480 e. The molecule has 1 rings (SSSR count). The standard InChI is InChI=1S/C12H17F3N2O5/c1-22-3-2-8(11(20)21)16-10(19)7-4-9(18)17(5-7)6-12(13,14)15/h7-8H,2-6H2,1H3,(H,16,19)(H,20,21)/t7-,8+/m0/s1. The zero-order valence-electron chi connectivity index (χ0n) is 11.9. The first kappa shape index (κ1) is 18.2. The number of carboxylic acid groups (broad SMARTS) is 1. The monoisotopic (exact) mass is 326 g/mol. The first-order chi connectivity index (χ1) is 10.1. The average Bonchev–Trinajstić information content (AvgIpc) is 2.73. The molecule has 0 aromatic rings. The Balaban J connectivity index is 2.59. The SMILES string of the molecule is COCC[C@@H](NC(=O)[C@H]1CC(=O)N(CC(F)(F)F)C1)C(=O)O. The number of carboxylic acids is 1. The number of nitrogens with zero attached hydrogens (tertiary/aromatic N) is 1. The van der Waals surface area contributed by atoms with Crippen molar-refractivity contribution in [1.29, 1.82) is 0 Å². The number of halogens is 3. The fourth-order valence-electron chi connectivity index (χ4n) is 2.10. The van der Waals surface area contributed by atoms with Crippen molar-refractivity contribution in [2.45, 2.75) is 25.1 Å². The molecule has 1 heterocycles. The molecule has 10 heteroatoms. The zero-order valence-corrected chi connectivity index (χ0v) is 11.9. The highest BCUT2D eigenvalue weighted by Crippen LogP contribution is 2.24. The van der Waals surface area contributed by atoms with Crippen molar-refractivity contribution in [3.05, 3.63) is 0 Å². The van der Waals surface area contributed by atoms with Gasteiger partial charge in [0.15, 0.2) is 0 Å². The number of nitrogens with one attached hydrogen (secondary N) is 1. The molecular weight excluding hydrogens is 309 g/mol. The number of carbonyl (C=O) groups excluding carboxylic acids is 2. The summed E-state index contributed by atoms with van der Waals surface area (Å²) in [6.45, 7) is -1.69. The Labute approximate surface area is 124 Å². The third kappa shape index (κ3) is 5.51. The van der Waals surface area contributed by atoms with Gasteiger partial charge < -0.3 is 20.1 Å². The number of hydrogen-bond acceptors (Lipinski definition) is 4. The number of hydrogen-bond donors (Lipinski definition) is 2. The minimum atomic E-state index is -4.54. The lowest BCUT2D eigenvalue weighted by Gasteiger charge is -2.19. The Morgan fingerprint density at radius 1 is 1.50 bits per heavy atom. The molecule has 2 amide bonds. The summed E-state index contributed by atoms with van der Waals surface area (Å²) in [6, 6.07) is -1.21. The first-order valence-corrected chi connectivity index (χ1v) is 6.50. The maximum Gasteiger partial charge on any atom is 0.406 e. The van der Waals surface area contributed by atoms with Crippen LogP contribution in [0.4, 0.5) is 13.2 Å². The van der Waals surface area contributed by atoms with Crippen molar-refractivity contribution in [2.75, 3.05) is 26.8 Å². The molecule has 1 aliphatic rings. The van der Waals surface area contributed by atoms with Crippen LogP contribution in [0.3, 0.4) is 0 Å². The normalized spacial score (nSPS) is 20.1. The predicted octanol–water partition coefficient (Wildman–Crippen LogP) is 0.00310. The number of aliphatic carboxylic acids is 1. The molecule has 0 radical (unpaired) electrons. The highest BCUT2D eigenvalue weighted by molar-refractivity contribution is 5.91. The van der Waals surface area contributed by atoms with Crippen molar-refractivity contribution < 1.29 is 37.4 Å². The lowest BCUT2D eigenvalue weighted by molar-refractivity contribution is -0.157. The van der Waals surface area contributed by atoms with Crippen LogP contribution in [-0.4, -0.2) is 66.8 Å². The Kier molecular flexibility index (Phi) is 6.15. The highest BCUT2D eigenvalue weighted by atomic mass is 19.4. The van der Waals surface area contributed by atoms with Crippen LogP contribution in [0, 0.1) is 5.92 Å². The lowest BCUT2D eigenvalue weighted by atomic mass is 10.1. The van der Waals surface area contributed by atoms with E-state index in [1.54, 1.807) is 0 Å². The molecule has 1 aliphatic heterocycles. The topological polar surface area (TPSA) is 95.9 Å². The van der Waals surface area contributed by atoms with Crippen LogP contribution in [0.2, 0.25) is 0 Å². The van der Waals surface area contributed by atoms with E-state index < -0.39 is 42.5 Å². The summed E-state index contributed by atoms with van der Waals surface area (Å²) in [5, 5.41) is 11.2. The Morgan fingerprint density at radius 3 is 2.64 bits per heavy atom. The Bertz CT molecular complexity index is 441. The number of amides is 2. The smallest absolute Gasteiger partial charge is 0.406 e. The number of methoxy groups -OCH3 is 1. The second-order valence-corrected chi connectivity index (χ2v) is 4.97. The molecule has 0 aromatic heterocycles. The van der Waals surface area contributed by atoms with Gasteiger partial charge in [-0.1, -0.05) is 0 Å². The molecule has 0 saturated carbocycles. The average molecular weight is 326 g/mol. The molecule has 0 unspecified atom stereocenters. The van der Waals surface area contributed by atoms with E-state index in [-0.39, 0.29) is 26.0 Å². The fourth-order valence-corrected chi connectivity index (χ4v) is 2.10. The molecular formula is C12H17F3N2O5. The zero-order chi connectivity index (χ0) is 16.9. The van der Waals surface area contributed by atoms with Crippen LogP contribution >= 0.6 is 0 Å². The molecule has 1 fully saturated rings. The van der Waals surface area contributed by atoms with Gasteiger partial charge >= 0.3 is 12.1 Å². The second-order valence-electron chi connectivity index (χ2n) is 4.97. The Morgan fingerprint density at radius 2 is 2.14 bits per heavy atom. The van der Waals surface area contributed by atoms with Gasteiger partial charge in [-0.2, -0.15) is 13.2 Å². The fraction of sp³-hybridized carbons (Fsp3) is 0.750. The van der Waals surface area contributed by atoms with E-state index in [0.717, 1.165) is 0 Å². The maximum absolute atomic E-state index is 12.3. The number of ether oxygens (including phenoxy) is 1. The summed E-state index contributed by atoms with van der Waals surface area (Å²) < 4.78 is 41.6. The van der Waals surface area contributed by atoms with Gasteiger partial charge in [-0.3, -0.25) is 9.59 Å². The molecule has 0 aromatic carbocycles. The quantitative estimate of drug-likeness (QED) is 0.687. The van der Waals surface area contributed by atoms with Crippen LogP contribution in [0.25, 0.3) is 0 Å². The maximum atomic E-state index is 12.3. The number of alkyl halides is 3. The number of carbonyl (C=O) groups is 3. The summed E-state index contributed by atoms with van der Waals surface area (Å²) >= 11 is 0. The van der Waals surface area contributed by atoms with Crippen molar-refractivity contribution in [2.24, 2.45) is 5.92 Å². The van der Waals surface area contributed by atoms with Crippen LogP contribution in [0.1, 0.15) is 12.8 Å². The van der Waals surface area contributed by atoms with Gasteiger partial charge in [-0.25, -0.2) is 4.79 Å². The van der Waals surface area contributed by atoms with E-state index in [1.165, 1.54) is 7.11 Å². The Hall–Kier alpha value is -1.84.